The van der Waals surface area contributed by atoms with Crippen LogP contribution in [-0.4, -0.2) is 53.6 Å². The maximum Gasteiger partial charge on any atom is 0.230 e. The summed E-state index contributed by atoms with van der Waals surface area (Å²) in [4.78, 5) is 30.2. The van der Waals surface area contributed by atoms with Crippen molar-refractivity contribution in [3.05, 3.63) is 23.8 Å². The molecule has 0 bridgehead atoms. The minimum absolute atomic E-state index is 0.135. The molecule has 2 saturated carbocycles. The van der Waals surface area contributed by atoms with Crippen molar-refractivity contribution in [2.45, 2.75) is 76.9 Å². The number of piperidine rings is 1. The first-order valence-corrected chi connectivity index (χ1v) is 12.1. The first kappa shape index (κ1) is 20.8. The Hall–Kier alpha value is -2.08. The standard InChI is InChI=1S/C25H35N3O3/c1-17-15-19(26-23(30)18-3-4-18)5-10-22(17)27-13-2-11-25(16-27)12-14-28(24(25)31)20-6-8-21(29)9-7-20/h5,10,15,18,20-21,29H,2-4,6-9,11-14,16H2,1H3,(H,26,30)/t20-,21-,25-/m1/s1. The maximum atomic E-state index is 13.6. The van der Waals surface area contributed by atoms with E-state index >= 15 is 0 Å². The van der Waals surface area contributed by atoms with Crippen LogP contribution in [0.25, 0.3) is 0 Å². The van der Waals surface area contributed by atoms with Crippen LogP contribution in [0.4, 0.5) is 11.4 Å². The van der Waals surface area contributed by atoms with Crippen molar-refractivity contribution in [3.8, 4) is 0 Å². The van der Waals surface area contributed by atoms with E-state index in [2.05, 4.69) is 34.2 Å². The van der Waals surface area contributed by atoms with Crippen LogP contribution in [-0.2, 0) is 9.59 Å². The van der Waals surface area contributed by atoms with Gasteiger partial charge in [0.1, 0.15) is 0 Å². The van der Waals surface area contributed by atoms with Gasteiger partial charge in [-0.15, -0.1) is 0 Å². The number of aryl methyl sites for hydroxylation is 1. The Morgan fingerprint density at radius 3 is 2.58 bits per heavy atom. The van der Waals surface area contributed by atoms with Gasteiger partial charge >= 0.3 is 0 Å². The van der Waals surface area contributed by atoms with Crippen molar-refractivity contribution in [1.29, 1.82) is 0 Å². The average Bonchev–Trinajstić information content (AvgIpc) is 3.56. The van der Waals surface area contributed by atoms with Gasteiger partial charge in [0.05, 0.1) is 11.5 Å². The van der Waals surface area contributed by atoms with Crippen LogP contribution in [0.5, 0.6) is 0 Å². The Bertz CT molecular complexity index is 860. The highest BCUT2D eigenvalue weighted by molar-refractivity contribution is 5.94. The lowest BCUT2D eigenvalue weighted by Gasteiger charge is -2.42. The molecule has 0 unspecified atom stereocenters. The molecule has 5 rings (SSSR count). The lowest BCUT2D eigenvalue weighted by molar-refractivity contribution is -0.139. The molecule has 4 fully saturated rings. The molecule has 2 N–H and O–H groups in total. The van der Waals surface area contributed by atoms with E-state index in [4.69, 9.17) is 0 Å². The number of rotatable bonds is 4. The number of aliphatic hydroxyl groups excluding tert-OH is 1. The smallest absolute Gasteiger partial charge is 0.230 e. The van der Waals surface area contributed by atoms with Crippen LogP contribution in [0, 0.1) is 18.3 Å². The number of carbonyl (C=O) groups excluding carboxylic acids is 2. The van der Waals surface area contributed by atoms with E-state index in [1.54, 1.807) is 0 Å². The van der Waals surface area contributed by atoms with Crippen molar-refractivity contribution < 1.29 is 14.7 Å². The van der Waals surface area contributed by atoms with Crippen LogP contribution < -0.4 is 10.2 Å². The minimum atomic E-state index is -0.264. The molecular weight excluding hydrogens is 390 g/mol. The van der Waals surface area contributed by atoms with Crippen LogP contribution in [0.3, 0.4) is 0 Å². The van der Waals surface area contributed by atoms with Gasteiger partial charge in [0.2, 0.25) is 11.8 Å². The number of likely N-dealkylation sites (tertiary alicyclic amines) is 1. The van der Waals surface area contributed by atoms with Crippen LogP contribution in [0.15, 0.2) is 18.2 Å². The summed E-state index contributed by atoms with van der Waals surface area (Å²) in [7, 11) is 0. The Balaban J connectivity index is 1.28. The van der Waals surface area contributed by atoms with E-state index in [1.165, 1.54) is 5.69 Å². The predicted molar refractivity (Wildman–Crippen MR) is 121 cm³/mol. The monoisotopic (exact) mass is 425 g/mol. The second-order valence-electron chi connectivity index (χ2n) is 10.3. The van der Waals surface area contributed by atoms with Gasteiger partial charge in [0.25, 0.3) is 0 Å². The number of hydrogen-bond donors (Lipinski definition) is 2. The minimum Gasteiger partial charge on any atom is -0.393 e. The molecule has 2 aliphatic carbocycles. The van der Waals surface area contributed by atoms with Crippen molar-refractivity contribution >= 4 is 23.2 Å². The van der Waals surface area contributed by atoms with Gasteiger partial charge in [0.15, 0.2) is 0 Å². The Morgan fingerprint density at radius 2 is 1.87 bits per heavy atom. The highest BCUT2D eigenvalue weighted by Gasteiger charge is 2.50. The molecule has 2 amide bonds. The summed E-state index contributed by atoms with van der Waals surface area (Å²) in [5.74, 6) is 0.672. The first-order chi connectivity index (χ1) is 14.9. The van der Waals surface area contributed by atoms with E-state index < -0.39 is 0 Å². The molecule has 0 aromatic heterocycles. The zero-order chi connectivity index (χ0) is 21.6. The summed E-state index contributed by atoms with van der Waals surface area (Å²) < 4.78 is 0. The molecule has 1 spiro atoms. The highest BCUT2D eigenvalue weighted by atomic mass is 16.3. The fourth-order valence-corrected chi connectivity index (χ4v) is 5.96. The molecule has 1 aromatic carbocycles. The SMILES string of the molecule is Cc1cc(NC(=O)C2CC2)ccc1N1CCC[C@@]2(CCN([C@H]3CC[C@H](O)CC3)C2=O)C1. The van der Waals surface area contributed by atoms with Crippen LogP contribution in [0.2, 0.25) is 0 Å². The lowest BCUT2D eigenvalue weighted by atomic mass is 9.78. The molecule has 6 heteroatoms. The lowest BCUT2D eigenvalue weighted by Crippen LogP contribution is -2.50. The third-order valence-electron chi connectivity index (χ3n) is 7.98. The van der Waals surface area contributed by atoms with E-state index in [0.29, 0.717) is 11.9 Å². The Labute approximate surface area is 185 Å². The summed E-state index contributed by atoms with van der Waals surface area (Å²) in [5, 5.41) is 12.9. The molecule has 2 saturated heterocycles. The maximum absolute atomic E-state index is 13.6. The molecule has 1 aromatic rings. The van der Waals surface area contributed by atoms with Crippen LogP contribution >= 0.6 is 0 Å². The van der Waals surface area contributed by atoms with Gasteiger partial charge in [-0.1, -0.05) is 0 Å². The fraction of sp³-hybridized carbons (Fsp3) is 0.680. The van der Waals surface area contributed by atoms with Gasteiger partial charge in [-0.2, -0.15) is 0 Å². The third kappa shape index (κ3) is 4.07. The second kappa shape index (κ2) is 8.12. The summed E-state index contributed by atoms with van der Waals surface area (Å²) in [6.07, 6.45) is 8.26. The van der Waals surface area contributed by atoms with Gasteiger partial charge in [-0.3, -0.25) is 9.59 Å². The first-order valence-electron chi connectivity index (χ1n) is 12.1. The molecule has 4 aliphatic rings. The number of nitrogens with zero attached hydrogens (tertiary/aromatic N) is 2. The summed E-state index contributed by atoms with van der Waals surface area (Å²) in [6, 6.07) is 6.48. The average molecular weight is 426 g/mol. The van der Waals surface area contributed by atoms with Crippen molar-refractivity contribution in [3.63, 3.8) is 0 Å². The molecule has 6 nitrogen and oxygen atoms in total. The highest BCUT2D eigenvalue weighted by Crippen LogP contribution is 2.44. The number of anilines is 2. The number of aliphatic hydroxyl groups is 1. The number of nitrogens with one attached hydrogen (secondary N) is 1. The summed E-state index contributed by atoms with van der Waals surface area (Å²) in [5.41, 5.74) is 2.93. The van der Waals surface area contributed by atoms with E-state index in [-0.39, 0.29) is 23.3 Å². The topological polar surface area (TPSA) is 72.9 Å². The van der Waals surface area contributed by atoms with Crippen LogP contribution in [0.1, 0.15) is 63.4 Å². The Morgan fingerprint density at radius 1 is 1.10 bits per heavy atom. The van der Waals surface area contributed by atoms with E-state index in [1.807, 2.05) is 6.07 Å². The number of benzene rings is 1. The third-order valence-corrected chi connectivity index (χ3v) is 7.98. The zero-order valence-corrected chi connectivity index (χ0v) is 18.6. The summed E-state index contributed by atoms with van der Waals surface area (Å²) in [6.45, 7) is 4.71. The fourth-order valence-electron chi connectivity index (χ4n) is 5.96. The van der Waals surface area contributed by atoms with Crippen molar-refractivity contribution in [2.24, 2.45) is 11.3 Å². The van der Waals surface area contributed by atoms with Gasteiger partial charge in [0, 0.05) is 43.0 Å². The normalized spacial score (nSPS) is 31.4. The molecule has 2 heterocycles. The van der Waals surface area contributed by atoms with Crippen molar-refractivity contribution in [2.75, 3.05) is 29.9 Å². The molecular formula is C25H35N3O3. The number of hydrogen-bond acceptors (Lipinski definition) is 4. The van der Waals surface area contributed by atoms with Gasteiger partial charge < -0.3 is 20.2 Å². The largest absolute Gasteiger partial charge is 0.393 e. The summed E-state index contributed by atoms with van der Waals surface area (Å²) >= 11 is 0. The quantitative estimate of drug-likeness (QED) is 0.775. The molecule has 168 valence electrons. The van der Waals surface area contributed by atoms with E-state index in [9.17, 15) is 14.7 Å². The molecule has 1 atom stereocenters. The molecule has 31 heavy (non-hydrogen) atoms. The number of amides is 2. The number of carbonyl (C=O) groups is 2. The molecule has 0 radical (unpaired) electrons. The zero-order valence-electron chi connectivity index (χ0n) is 18.6. The second-order valence-corrected chi connectivity index (χ2v) is 10.3. The van der Waals surface area contributed by atoms with E-state index in [0.717, 1.165) is 88.7 Å². The molecule has 2 aliphatic heterocycles. The Kier molecular flexibility index (Phi) is 5.45. The predicted octanol–water partition coefficient (Wildman–Crippen LogP) is 3.47. The van der Waals surface area contributed by atoms with Gasteiger partial charge in [-0.05, 0) is 88.5 Å². The van der Waals surface area contributed by atoms with Crippen molar-refractivity contribution in [1.82, 2.24) is 4.90 Å². The van der Waals surface area contributed by atoms with Gasteiger partial charge in [-0.25, -0.2) is 0 Å².